The number of aliphatic hydroxyl groups excluding tert-OH is 1. The molecule has 0 spiro atoms. The van der Waals surface area contributed by atoms with E-state index < -0.39 is 56.0 Å². The van der Waals surface area contributed by atoms with Gasteiger partial charge in [0.15, 0.2) is 17.7 Å². The molecule has 36 heavy (non-hydrogen) atoms. The second-order valence-corrected chi connectivity index (χ2v) is 11.3. The number of nitrogens with zero attached hydrogens (tertiary/aromatic N) is 4. The molecule has 2 aromatic heterocycles. The Labute approximate surface area is 205 Å². The van der Waals surface area contributed by atoms with Crippen molar-refractivity contribution >= 4 is 24.8 Å². The number of hydrogen-bond acceptors (Lipinski definition) is 11. The van der Waals surface area contributed by atoms with Gasteiger partial charge in [0.2, 0.25) is 0 Å². The second kappa shape index (κ2) is 8.80. The molecule has 1 aromatic carbocycles. The number of nitrogens with two attached hydrogens (primary N) is 1. The van der Waals surface area contributed by atoms with Gasteiger partial charge in [0, 0.05) is 6.42 Å². The molecule has 3 aromatic rings. The minimum absolute atomic E-state index is 0.150. The standard InChI is InChI=1S/C22H27FN5O7P/c1-21(2)8-14(12-5-4-6-13(23)7-12)34-36(31,35-21)32-9-15-17(29)22(3,30)20(33-15)28-11-27-16-18(24)25-10-26-19(16)28/h4-7,10-11,14-15,17,20,29-30H,8-9H2,1-3H3,(H2,24,25,26)/t14-,15+,17+,20+,22+,36?/m0/s1. The Kier molecular flexibility index (Phi) is 6.15. The van der Waals surface area contributed by atoms with Crippen molar-refractivity contribution in [1.29, 1.82) is 0 Å². The van der Waals surface area contributed by atoms with Gasteiger partial charge < -0.3 is 20.7 Å². The average molecular weight is 523 g/mol. The fourth-order valence-corrected chi connectivity index (χ4v) is 6.20. The lowest BCUT2D eigenvalue weighted by Crippen LogP contribution is -2.44. The van der Waals surface area contributed by atoms with E-state index in [1.807, 2.05) is 0 Å². The minimum Gasteiger partial charge on any atom is -0.387 e. The van der Waals surface area contributed by atoms with E-state index >= 15 is 0 Å². The maximum absolute atomic E-state index is 13.8. The highest BCUT2D eigenvalue weighted by Crippen LogP contribution is 2.62. The summed E-state index contributed by atoms with van der Waals surface area (Å²) in [6.45, 7) is 4.40. The first-order valence-electron chi connectivity index (χ1n) is 11.3. The predicted octanol–water partition coefficient (Wildman–Crippen LogP) is 2.64. The summed E-state index contributed by atoms with van der Waals surface area (Å²) in [6.07, 6.45) is -1.50. The largest absolute Gasteiger partial charge is 0.476 e. The maximum Gasteiger partial charge on any atom is 0.476 e. The molecule has 12 nitrogen and oxygen atoms in total. The number of ether oxygens (including phenoxy) is 1. The number of benzene rings is 1. The molecule has 0 aliphatic carbocycles. The zero-order valence-corrected chi connectivity index (χ0v) is 20.7. The van der Waals surface area contributed by atoms with Crippen molar-refractivity contribution in [2.24, 2.45) is 0 Å². The number of anilines is 1. The van der Waals surface area contributed by atoms with Gasteiger partial charge in [-0.15, -0.1) is 0 Å². The van der Waals surface area contributed by atoms with E-state index in [1.165, 1.54) is 42.3 Å². The Morgan fingerprint density at radius 3 is 2.83 bits per heavy atom. The molecule has 2 aliphatic rings. The van der Waals surface area contributed by atoms with Crippen LogP contribution in [0.25, 0.3) is 11.2 Å². The molecule has 2 aliphatic heterocycles. The fraction of sp³-hybridized carbons (Fsp3) is 0.500. The molecule has 4 heterocycles. The lowest BCUT2D eigenvalue weighted by atomic mass is 9.96. The van der Waals surface area contributed by atoms with Crippen LogP contribution in [0.3, 0.4) is 0 Å². The summed E-state index contributed by atoms with van der Waals surface area (Å²) in [4.78, 5) is 12.2. The Morgan fingerprint density at radius 1 is 1.31 bits per heavy atom. The van der Waals surface area contributed by atoms with E-state index in [-0.39, 0.29) is 5.82 Å². The molecule has 0 radical (unpaired) electrons. The minimum atomic E-state index is -4.17. The molecule has 2 saturated heterocycles. The average Bonchev–Trinajstić information content (AvgIpc) is 3.31. The summed E-state index contributed by atoms with van der Waals surface area (Å²) in [5.74, 6) is -0.303. The number of nitrogen functional groups attached to an aromatic ring is 1. The van der Waals surface area contributed by atoms with Gasteiger partial charge in [0.1, 0.15) is 35.5 Å². The van der Waals surface area contributed by atoms with Crippen molar-refractivity contribution in [2.45, 2.75) is 62.9 Å². The van der Waals surface area contributed by atoms with Crippen LogP contribution in [0.4, 0.5) is 10.2 Å². The van der Waals surface area contributed by atoms with Crippen LogP contribution in [0.5, 0.6) is 0 Å². The Morgan fingerprint density at radius 2 is 2.08 bits per heavy atom. The van der Waals surface area contributed by atoms with Crippen molar-refractivity contribution in [3.63, 3.8) is 0 Å². The lowest BCUT2D eigenvalue weighted by Gasteiger charge is -2.39. The zero-order valence-electron chi connectivity index (χ0n) is 19.8. The number of rotatable bonds is 5. The molecule has 2 fully saturated rings. The number of imidazole rings is 1. The van der Waals surface area contributed by atoms with E-state index in [9.17, 15) is 19.2 Å². The second-order valence-electron chi connectivity index (χ2n) is 9.73. The van der Waals surface area contributed by atoms with Gasteiger partial charge in [-0.25, -0.2) is 23.9 Å². The summed E-state index contributed by atoms with van der Waals surface area (Å²) in [5.41, 5.74) is 4.23. The van der Waals surface area contributed by atoms with Crippen LogP contribution in [-0.2, 0) is 22.9 Å². The van der Waals surface area contributed by atoms with Gasteiger partial charge in [-0.05, 0) is 38.5 Å². The molecule has 14 heteroatoms. The third-order valence-electron chi connectivity index (χ3n) is 6.30. The molecule has 0 bridgehead atoms. The van der Waals surface area contributed by atoms with Gasteiger partial charge in [-0.1, -0.05) is 12.1 Å². The van der Waals surface area contributed by atoms with Crippen LogP contribution >= 0.6 is 7.82 Å². The van der Waals surface area contributed by atoms with Gasteiger partial charge >= 0.3 is 7.82 Å². The third kappa shape index (κ3) is 4.52. The van der Waals surface area contributed by atoms with E-state index in [0.717, 1.165) is 0 Å². The molecule has 4 N–H and O–H groups in total. The number of halogens is 1. The van der Waals surface area contributed by atoms with Crippen molar-refractivity contribution < 1.29 is 37.5 Å². The summed E-state index contributed by atoms with van der Waals surface area (Å²) >= 11 is 0. The SMILES string of the molecule is CC1(C)C[C@@H](c2cccc(F)c2)OP(=O)(OC[C@H]2O[C@@H](n3cnc4c(N)ncnc43)[C@](C)(O)[C@@H]2O)O1. The van der Waals surface area contributed by atoms with Gasteiger partial charge in [-0.3, -0.25) is 18.1 Å². The first-order valence-corrected chi connectivity index (χ1v) is 12.7. The van der Waals surface area contributed by atoms with E-state index in [0.29, 0.717) is 23.1 Å². The predicted molar refractivity (Wildman–Crippen MR) is 124 cm³/mol. The van der Waals surface area contributed by atoms with Gasteiger partial charge in [-0.2, -0.15) is 0 Å². The summed E-state index contributed by atoms with van der Waals surface area (Å²) in [6, 6.07) is 5.80. The van der Waals surface area contributed by atoms with Crippen molar-refractivity contribution in [2.75, 3.05) is 12.3 Å². The van der Waals surface area contributed by atoms with Gasteiger partial charge in [0.05, 0.1) is 24.6 Å². The Balaban J connectivity index is 1.35. The summed E-state index contributed by atoms with van der Waals surface area (Å²) in [7, 11) is -4.17. The normalized spacial score (nSPS) is 34.3. The van der Waals surface area contributed by atoms with Crippen LogP contribution in [-0.4, -0.2) is 59.7 Å². The number of fused-ring (bicyclic) bond motifs is 1. The maximum atomic E-state index is 13.8. The molecular formula is C22H27FN5O7P. The molecule has 5 rings (SSSR count). The Hall–Kier alpha value is -2.51. The van der Waals surface area contributed by atoms with Crippen LogP contribution in [0.2, 0.25) is 0 Å². The Bertz CT molecular complexity index is 1340. The molecule has 0 amide bonds. The molecule has 0 saturated carbocycles. The van der Waals surface area contributed by atoms with E-state index in [4.69, 9.17) is 24.0 Å². The highest BCUT2D eigenvalue weighted by molar-refractivity contribution is 7.48. The number of phosphoric acid groups is 1. The molecule has 1 unspecified atom stereocenters. The molecule has 194 valence electrons. The fourth-order valence-electron chi connectivity index (χ4n) is 4.53. The highest BCUT2D eigenvalue weighted by atomic mass is 31.2. The van der Waals surface area contributed by atoms with E-state index in [2.05, 4.69) is 15.0 Å². The smallest absolute Gasteiger partial charge is 0.387 e. The quantitative estimate of drug-likeness (QED) is 0.421. The van der Waals surface area contributed by atoms with Crippen molar-refractivity contribution in [3.05, 3.63) is 48.3 Å². The first-order chi connectivity index (χ1) is 16.9. The number of aromatic nitrogens is 4. The highest BCUT2D eigenvalue weighted by Gasteiger charge is 2.55. The van der Waals surface area contributed by atoms with E-state index in [1.54, 1.807) is 19.9 Å². The summed E-state index contributed by atoms with van der Waals surface area (Å²) in [5, 5.41) is 21.9. The third-order valence-corrected chi connectivity index (χ3v) is 8.00. The van der Waals surface area contributed by atoms with Crippen molar-refractivity contribution in [1.82, 2.24) is 19.5 Å². The van der Waals surface area contributed by atoms with Crippen LogP contribution in [0.15, 0.2) is 36.9 Å². The monoisotopic (exact) mass is 523 g/mol. The molecule has 6 atom stereocenters. The topological polar surface area (TPSA) is 164 Å². The number of aliphatic hydroxyl groups is 2. The van der Waals surface area contributed by atoms with Crippen LogP contribution < -0.4 is 5.73 Å². The van der Waals surface area contributed by atoms with Crippen LogP contribution in [0.1, 0.15) is 45.1 Å². The van der Waals surface area contributed by atoms with Gasteiger partial charge in [0.25, 0.3) is 0 Å². The first kappa shape index (κ1) is 25.2. The van der Waals surface area contributed by atoms with Crippen LogP contribution in [0, 0.1) is 5.82 Å². The number of hydrogen-bond donors (Lipinski definition) is 3. The molecular weight excluding hydrogens is 496 g/mol. The lowest BCUT2D eigenvalue weighted by molar-refractivity contribution is -0.0967. The summed E-state index contributed by atoms with van der Waals surface area (Å²) < 4.78 is 51.4. The zero-order chi connectivity index (χ0) is 25.9. The van der Waals surface area contributed by atoms with Crippen molar-refractivity contribution in [3.8, 4) is 0 Å². The number of phosphoric ester groups is 1.